The zero-order valence-electron chi connectivity index (χ0n) is 8.67. The van der Waals surface area contributed by atoms with E-state index in [0.717, 1.165) is 9.99 Å². The molecule has 0 aliphatic rings. The molecule has 0 spiro atoms. The number of halogens is 1. The number of nitrogen functional groups attached to an aromatic ring is 1. The fourth-order valence-corrected chi connectivity index (χ4v) is 2.05. The average molecular weight is 294 g/mol. The van der Waals surface area contributed by atoms with Crippen LogP contribution in [0.3, 0.4) is 0 Å². The van der Waals surface area contributed by atoms with Gasteiger partial charge in [-0.25, -0.2) is 14.6 Å². The molecule has 1 aromatic carbocycles. The minimum absolute atomic E-state index is 0.436. The Kier molecular flexibility index (Phi) is 2.32. The third-order valence-electron chi connectivity index (χ3n) is 2.29. The predicted molar refractivity (Wildman–Crippen MR) is 65.2 cm³/mol. The van der Waals surface area contributed by atoms with E-state index in [0.29, 0.717) is 23.7 Å². The number of aromatic nitrogens is 4. The van der Waals surface area contributed by atoms with Gasteiger partial charge < -0.3 is 10.2 Å². The van der Waals surface area contributed by atoms with E-state index < -0.39 is 0 Å². The molecule has 0 radical (unpaired) electrons. The van der Waals surface area contributed by atoms with E-state index in [1.807, 2.05) is 6.07 Å². The van der Waals surface area contributed by atoms with Gasteiger partial charge in [0.2, 0.25) is 5.89 Å². The maximum Gasteiger partial charge on any atom is 0.217 e. The quantitative estimate of drug-likeness (QED) is 0.729. The van der Waals surface area contributed by atoms with E-state index in [2.05, 4.69) is 31.0 Å². The van der Waals surface area contributed by atoms with Gasteiger partial charge in [0.05, 0.1) is 5.69 Å². The number of oxazole rings is 1. The molecule has 7 heteroatoms. The maximum atomic E-state index is 5.85. The minimum atomic E-state index is 0.436. The van der Waals surface area contributed by atoms with Gasteiger partial charge in [0.15, 0.2) is 5.58 Å². The lowest BCUT2D eigenvalue weighted by atomic mass is 10.3. The van der Waals surface area contributed by atoms with Crippen LogP contribution in [0.2, 0.25) is 0 Å². The second-order valence-electron chi connectivity index (χ2n) is 3.54. The first-order chi connectivity index (χ1) is 8.22. The van der Waals surface area contributed by atoms with Crippen molar-refractivity contribution in [1.29, 1.82) is 0 Å². The van der Waals surface area contributed by atoms with Gasteiger partial charge in [-0.2, -0.15) is 5.10 Å². The van der Waals surface area contributed by atoms with Crippen LogP contribution in [0.1, 0.15) is 5.89 Å². The van der Waals surface area contributed by atoms with E-state index in [-0.39, 0.29) is 0 Å². The molecule has 0 bridgehead atoms. The Morgan fingerprint density at radius 3 is 3.06 bits per heavy atom. The van der Waals surface area contributed by atoms with Crippen LogP contribution >= 0.6 is 15.9 Å². The summed E-state index contributed by atoms with van der Waals surface area (Å²) in [7, 11) is 0. The molecule has 2 aromatic heterocycles. The second kappa shape index (κ2) is 3.85. The number of hydrogen-bond acceptors (Lipinski definition) is 5. The summed E-state index contributed by atoms with van der Waals surface area (Å²) in [5.41, 5.74) is 7.74. The minimum Gasteiger partial charge on any atom is -0.436 e. The molecule has 0 aliphatic heterocycles. The second-order valence-corrected chi connectivity index (χ2v) is 4.46. The summed E-state index contributed by atoms with van der Waals surface area (Å²) < 4.78 is 8.09. The number of fused-ring (bicyclic) bond motifs is 1. The first-order valence-electron chi connectivity index (χ1n) is 4.89. The summed E-state index contributed by atoms with van der Waals surface area (Å²) in [6, 6.07) is 3.65. The molecule has 0 amide bonds. The molecule has 0 fully saturated rings. The summed E-state index contributed by atoms with van der Waals surface area (Å²) in [6.07, 6.45) is 3.07. The van der Waals surface area contributed by atoms with Crippen molar-refractivity contribution in [3.05, 3.63) is 35.2 Å². The average Bonchev–Trinajstić information content (AvgIpc) is 2.87. The van der Waals surface area contributed by atoms with Gasteiger partial charge >= 0.3 is 0 Å². The van der Waals surface area contributed by atoms with E-state index in [1.165, 1.54) is 6.33 Å². The van der Waals surface area contributed by atoms with Crippen LogP contribution in [0, 0.1) is 0 Å². The lowest BCUT2D eigenvalue weighted by molar-refractivity contribution is 0.492. The van der Waals surface area contributed by atoms with Crippen molar-refractivity contribution in [2.45, 2.75) is 6.54 Å². The number of anilines is 1. The van der Waals surface area contributed by atoms with Crippen molar-refractivity contribution >= 4 is 32.7 Å². The summed E-state index contributed by atoms with van der Waals surface area (Å²) in [4.78, 5) is 8.20. The summed E-state index contributed by atoms with van der Waals surface area (Å²) in [5, 5.41) is 3.99. The van der Waals surface area contributed by atoms with E-state index in [9.17, 15) is 0 Å². The SMILES string of the molecule is Nc1cc(Br)cc2nc(Cn3cncn3)oc12. The molecule has 0 unspecified atom stereocenters. The Hall–Kier alpha value is -1.89. The van der Waals surface area contributed by atoms with Crippen LogP contribution in [-0.2, 0) is 6.54 Å². The first-order valence-corrected chi connectivity index (χ1v) is 5.68. The molecule has 3 rings (SSSR count). The van der Waals surface area contributed by atoms with E-state index in [4.69, 9.17) is 10.2 Å². The number of nitrogens with two attached hydrogens (primary N) is 1. The molecule has 0 atom stereocenters. The maximum absolute atomic E-state index is 5.85. The van der Waals surface area contributed by atoms with E-state index in [1.54, 1.807) is 17.1 Å². The molecule has 0 saturated heterocycles. The standard InChI is InChI=1S/C10H8BrN5O/c11-6-1-7(12)10-8(2-6)15-9(17-10)3-16-5-13-4-14-16/h1-2,4-5H,3,12H2. The third-order valence-corrected chi connectivity index (χ3v) is 2.75. The summed E-state index contributed by atoms with van der Waals surface area (Å²) >= 11 is 3.36. The fourth-order valence-electron chi connectivity index (χ4n) is 1.59. The summed E-state index contributed by atoms with van der Waals surface area (Å²) in [6.45, 7) is 0.436. The number of hydrogen-bond donors (Lipinski definition) is 1. The Morgan fingerprint density at radius 1 is 1.41 bits per heavy atom. The molecule has 6 nitrogen and oxygen atoms in total. The Morgan fingerprint density at radius 2 is 2.29 bits per heavy atom. The van der Waals surface area contributed by atoms with Gasteiger partial charge in [0, 0.05) is 4.47 Å². The molecule has 2 heterocycles. The molecular formula is C10H8BrN5O. The molecule has 3 aromatic rings. The van der Waals surface area contributed by atoms with Gasteiger partial charge in [-0.05, 0) is 12.1 Å². The van der Waals surface area contributed by atoms with Gasteiger partial charge in [-0.15, -0.1) is 0 Å². The molecule has 86 valence electrons. The first kappa shape index (κ1) is 10.3. The third kappa shape index (κ3) is 1.89. The van der Waals surface area contributed by atoms with Gasteiger partial charge in [0.1, 0.15) is 24.7 Å². The molecule has 17 heavy (non-hydrogen) atoms. The number of nitrogens with zero attached hydrogens (tertiary/aromatic N) is 4. The molecule has 0 saturated carbocycles. The van der Waals surface area contributed by atoms with Crippen LogP contribution in [0.25, 0.3) is 11.1 Å². The van der Waals surface area contributed by atoms with Crippen molar-refractivity contribution < 1.29 is 4.42 Å². The monoisotopic (exact) mass is 293 g/mol. The predicted octanol–water partition coefficient (Wildman–Crippen LogP) is 1.81. The Labute approximate surface area is 105 Å². The highest BCUT2D eigenvalue weighted by atomic mass is 79.9. The van der Waals surface area contributed by atoms with Crippen molar-refractivity contribution in [3.63, 3.8) is 0 Å². The zero-order chi connectivity index (χ0) is 11.8. The van der Waals surface area contributed by atoms with Gasteiger partial charge in [0.25, 0.3) is 0 Å². The molecule has 0 aliphatic carbocycles. The number of rotatable bonds is 2. The summed E-state index contributed by atoms with van der Waals surface area (Å²) in [5.74, 6) is 0.551. The lowest BCUT2D eigenvalue weighted by Crippen LogP contribution is -1.99. The van der Waals surface area contributed by atoms with Gasteiger partial charge in [-0.1, -0.05) is 15.9 Å². The topological polar surface area (TPSA) is 82.8 Å². The van der Waals surface area contributed by atoms with Gasteiger partial charge in [-0.3, -0.25) is 0 Å². The smallest absolute Gasteiger partial charge is 0.217 e. The normalized spacial score (nSPS) is 11.1. The fraction of sp³-hybridized carbons (Fsp3) is 0.100. The number of benzene rings is 1. The lowest BCUT2D eigenvalue weighted by Gasteiger charge is -1.94. The van der Waals surface area contributed by atoms with Crippen LogP contribution < -0.4 is 5.73 Å². The highest BCUT2D eigenvalue weighted by Crippen LogP contribution is 2.26. The highest BCUT2D eigenvalue weighted by Gasteiger charge is 2.10. The largest absolute Gasteiger partial charge is 0.436 e. The van der Waals surface area contributed by atoms with Crippen LogP contribution in [0.15, 0.2) is 33.7 Å². The van der Waals surface area contributed by atoms with Crippen molar-refractivity contribution in [2.24, 2.45) is 0 Å². The molecular weight excluding hydrogens is 286 g/mol. The van der Waals surface area contributed by atoms with Crippen LogP contribution in [0.5, 0.6) is 0 Å². The van der Waals surface area contributed by atoms with Crippen LogP contribution in [0.4, 0.5) is 5.69 Å². The van der Waals surface area contributed by atoms with Crippen LogP contribution in [-0.4, -0.2) is 19.7 Å². The van der Waals surface area contributed by atoms with Crippen molar-refractivity contribution in [1.82, 2.24) is 19.7 Å². The van der Waals surface area contributed by atoms with Crippen molar-refractivity contribution in [2.75, 3.05) is 5.73 Å². The zero-order valence-corrected chi connectivity index (χ0v) is 10.3. The Bertz CT molecular complexity index is 661. The Balaban J connectivity index is 2.05. The highest BCUT2D eigenvalue weighted by molar-refractivity contribution is 9.10. The molecule has 2 N–H and O–H groups in total. The van der Waals surface area contributed by atoms with Crippen molar-refractivity contribution in [3.8, 4) is 0 Å². The van der Waals surface area contributed by atoms with E-state index >= 15 is 0 Å².